The lowest BCUT2D eigenvalue weighted by atomic mass is 10.0. The van der Waals surface area contributed by atoms with Crippen LogP contribution in [-0.4, -0.2) is 37.7 Å². The molecule has 0 spiro atoms. The van der Waals surface area contributed by atoms with E-state index in [-0.39, 0.29) is 23.1 Å². The van der Waals surface area contributed by atoms with E-state index in [1.807, 2.05) is 19.1 Å². The summed E-state index contributed by atoms with van der Waals surface area (Å²) in [5.74, 6) is -0.0180. The molecule has 1 N–H and O–H groups in total. The molecule has 1 saturated heterocycles. The van der Waals surface area contributed by atoms with E-state index in [1.54, 1.807) is 23.1 Å². The molecule has 1 aliphatic rings. The zero-order chi connectivity index (χ0) is 22.2. The Morgan fingerprint density at radius 3 is 2.91 bits per heavy atom. The second-order valence-electron chi connectivity index (χ2n) is 7.66. The molecule has 0 bridgehead atoms. The summed E-state index contributed by atoms with van der Waals surface area (Å²) in [5, 5.41) is 11.4. The molecule has 2 aromatic carbocycles. The summed E-state index contributed by atoms with van der Waals surface area (Å²) in [6, 6.07) is 11.2. The maximum atomic E-state index is 14.7. The van der Waals surface area contributed by atoms with Crippen molar-refractivity contribution in [2.45, 2.75) is 25.8 Å². The van der Waals surface area contributed by atoms with Gasteiger partial charge in [0.25, 0.3) is 5.91 Å². The monoisotopic (exact) mass is 451 g/mol. The van der Waals surface area contributed by atoms with E-state index in [2.05, 4.69) is 20.3 Å². The fourth-order valence-electron chi connectivity index (χ4n) is 4.12. The number of carbonyl (C=O) groups is 1. The largest absolute Gasteiger partial charge is 0.337 e. The molecule has 1 unspecified atom stereocenters. The Morgan fingerprint density at radius 2 is 2.09 bits per heavy atom. The number of hydrogen-bond acceptors (Lipinski definition) is 5. The van der Waals surface area contributed by atoms with Crippen molar-refractivity contribution in [2.75, 3.05) is 6.54 Å². The third-order valence-electron chi connectivity index (χ3n) is 5.76. The van der Waals surface area contributed by atoms with Gasteiger partial charge in [0.05, 0.1) is 11.3 Å². The quantitative estimate of drug-likeness (QED) is 0.460. The molecule has 0 aliphatic carbocycles. The number of hydrogen-bond donors (Lipinski definition) is 1. The average Bonchev–Trinajstić information content (AvgIpc) is 3.56. The summed E-state index contributed by atoms with van der Waals surface area (Å²) in [5.41, 5.74) is 2.52. The highest BCUT2D eigenvalue weighted by Gasteiger charge is 2.36. The molecule has 9 heteroatoms. The summed E-state index contributed by atoms with van der Waals surface area (Å²) in [7, 11) is 0. The summed E-state index contributed by atoms with van der Waals surface area (Å²) in [6.07, 6.45) is 2.97. The van der Waals surface area contributed by atoms with Crippen molar-refractivity contribution in [1.29, 1.82) is 0 Å². The van der Waals surface area contributed by atoms with Crippen molar-refractivity contribution in [3.05, 3.63) is 76.5 Å². The van der Waals surface area contributed by atoms with Crippen LogP contribution in [0.25, 0.3) is 22.6 Å². The third kappa shape index (κ3) is 3.46. The highest BCUT2D eigenvalue weighted by atomic mass is 35.5. The molecular formula is C23H19ClFN5O2. The SMILES string of the molecule is Cc1c(Cl)cccc1-c1noc(C2CCCN2C(=O)c2cccc(F)c2-c2ccn[nH]2)n1. The molecule has 1 fully saturated rings. The number of halogens is 2. The fourth-order valence-corrected chi connectivity index (χ4v) is 4.30. The van der Waals surface area contributed by atoms with Gasteiger partial charge in [0, 0.05) is 28.9 Å². The Hall–Kier alpha value is -3.52. The van der Waals surface area contributed by atoms with Gasteiger partial charge in [0.2, 0.25) is 11.7 Å². The first-order valence-electron chi connectivity index (χ1n) is 10.2. The second kappa shape index (κ2) is 8.20. The van der Waals surface area contributed by atoms with Crippen LogP contribution >= 0.6 is 11.6 Å². The molecule has 162 valence electrons. The molecule has 4 aromatic rings. The number of likely N-dealkylation sites (tertiary alicyclic amines) is 1. The van der Waals surface area contributed by atoms with Crippen LogP contribution < -0.4 is 0 Å². The highest BCUT2D eigenvalue weighted by Crippen LogP contribution is 2.36. The van der Waals surface area contributed by atoms with Crippen LogP contribution in [0.4, 0.5) is 4.39 Å². The van der Waals surface area contributed by atoms with Crippen LogP contribution in [-0.2, 0) is 0 Å². The smallest absolute Gasteiger partial charge is 0.255 e. The number of aromatic amines is 1. The zero-order valence-corrected chi connectivity index (χ0v) is 17.9. The lowest BCUT2D eigenvalue weighted by molar-refractivity contribution is 0.0710. The van der Waals surface area contributed by atoms with E-state index < -0.39 is 5.82 Å². The van der Waals surface area contributed by atoms with Gasteiger partial charge in [-0.1, -0.05) is 35.0 Å². The number of H-pyrrole nitrogens is 1. The molecule has 3 heterocycles. The van der Waals surface area contributed by atoms with Gasteiger partial charge in [-0.25, -0.2) is 4.39 Å². The van der Waals surface area contributed by atoms with Crippen molar-refractivity contribution in [1.82, 2.24) is 25.2 Å². The van der Waals surface area contributed by atoms with E-state index in [1.165, 1.54) is 18.3 Å². The number of carbonyl (C=O) groups excluding carboxylic acids is 1. The van der Waals surface area contributed by atoms with Gasteiger partial charge in [-0.2, -0.15) is 10.1 Å². The topological polar surface area (TPSA) is 87.9 Å². The molecule has 2 aromatic heterocycles. The summed E-state index contributed by atoms with van der Waals surface area (Å²) in [4.78, 5) is 19.7. The number of rotatable bonds is 4. The van der Waals surface area contributed by atoms with E-state index in [9.17, 15) is 9.18 Å². The van der Waals surface area contributed by atoms with Gasteiger partial charge >= 0.3 is 0 Å². The molecule has 5 rings (SSSR count). The Balaban J connectivity index is 1.48. The van der Waals surface area contributed by atoms with Crippen molar-refractivity contribution in [3.8, 4) is 22.6 Å². The molecule has 32 heavy (non-hydrogen) atoms. The summed E-state index contributed by atoms with van der Waals surface area (Å²) in [6.45, 7) is 2.40. The minimum absolute atomic E-state index is 0.196. The second-order valence-corrected chi connectivity index (χ2v) is 8.07. The van der Waals surface area contributed by atoms with E-state index in [0.29, 0.717) is 35.4 Å². The minimum atomic E-state index is -0.493. The normalized spacial score (nSPS) is 16.0. The number of aromatic nitrogens is 4. The highest BCUT2D eigenvalue weighted by molar-refractivity contribution is 6.31. The van der Waals surface area contributed by atoms with Crippen LogP contribution in [0.3, 0.4) is 0 Å². The molecule has 1 amide bonds. The van der Waals surface area contributed by atoms with Gasteiger partial charge in [0.15, 0.2) is 0 Å². The summed E-state index contributed by atoms with van der Waals surface area (Å²) < 4.78 is 20.2. The number of amides is 1. The zero-order valence-electron chi connectivity index (χ0n) is 17.2. The van der Waals surface area contributed by atoms with Gasteiger partial charge in [-0.3, -0.25) is 9.89 Å². The Labute approximate surface area is 188 Å². The molecule has 7 nitrogen and oxygen atoms in total. The van der Waals surface area contributed by atoms with Crippen molar-refractivity contribution >= 4 is 17.5 Å². The van der Waals surface area contributed by atoms with Gasteiger partial charge in [-0.05, 0) is 49.6 Å². The lowest BCUT2D eigenvalue weighted by Crippen LogP contribution is -2.31. The van der Waals surface area contributed by atoms with Crippen LogP contribution in [0.15, 0.2) is 53.2 Å². The first kappa shape index (κ1) is 20.4. The van der Waals surface area contributed by atoms with Crippen molar-refractivity contribution < 1.29 is 13.7 Å². The first-order valence-corrected chi connectivity index (χ1v) is 10.6. The molecule has 0 radical (unpaired) electrons. The third-order valence-corrected chi connectivity index (χ3v) is 6.17. The molecule has 1 aliphatic heterocycles. The lowest BCUT2D eigenvalue weighted by Gasteiger charge is -2.23. The van der Waals surface area contributed by atoms with E-state index in [4.69, 9.17) is 16.1 Å². The van der Waals surface area contributed by atoms with Crippen molar-refractivity contribution in [3.63, 3.8) is 0 Å². The fraction of sp³-hybridized carbons (Fsp3) is 0.217. The van der Waals surface area contributed by atoms with Gasteiger partial charge in [-0.15, -0.1) is 0 Å². The average molecular weight is 452 g/mol. The Morgan fingerprint density at radius 1 is 1.25 bits per heavy atom. The number of benzene rings is 2. The van der Waals surface area contributed by atoms with Gasteiger partial charge < -0.3 is 9.42 Å². The minimum Gasteiger partial charge on any atom is -0.337 e. The maximum absolute atomic E-state index is 14.7. The maximum Gasteiger partial charge on any atom is 0.255 e. The Bertz CT molecular complexity index is 1290. The molecule has 1 atom stereocenters. The standard InChI is InChI=1S/C23H19ClFN5O2/c1-13-14(5-2-7-16(13)24)21-27-22(32-29-21)19-9-4-12-30(19)23(31)15-6-3-8-17(25)20(15)18-10-11-26-28-18/h2-3,5-8,10-11,19H,4,9,12H2,1H3,(H,26,28). The molecular weight excluding hydrogens is 433 g/mol. The predicted molar refractivity (Wildman–Crippen MR) is 116 cm³/mol. The van der Waals surface area contributed by atoms with Crippen LogP contribution in [0.1, 0.15) is 40.7 Å². The number of nitrogens with zero attached hydrogens (tertiary/aromatic N) is 4. The molecule has 0 saturated carbocycles. The van der Waals surface area contributed by atoms with E-state index >= 15 is 0 Å². The van der Waals surface area contributed by atoms with E-state index in [0.717, 1.165) is 17.5 Å². The van der Waals surface area contributed by atoms with Gasteiger partial charge in [0.1, 0.15) is 11.9 Å². The summed E-state index contributed by atoms with van der Waals surface area (Å²) >= 11 is 6.22. The van der Waals surface area contributed by atoms with Crippen LogP contribution in [0, 0.1) is 12.7 Å². The predicted octanol–water partition coefficient (Wildman–Crippen LogP) is 5.20. The van der Waals surface area contributed by atoms with Crippen LogP contribution in [0.2, 0.25) is 5.02 Å². The Kier molecular flexibility index (Phi) is 5.22. The van der Waals surface area contributed by atoms with Crippen molar-refractivity contribution in [2.24, 2.45) is 0 Å². The van der Waals surface area contributed by atoms with Crippen LogP contribution in [0.5, 0.6) is 0 Å². The first-order chi connectivity index (χ1) is 15.5. The number of nitrogens with one attached hydrogen (secondary N) is 1.